The van der Waals surface area contributed by atoms with Gasteiger partial charge in [0, 0.05) is 12.2 Å². The molecule has 0 aliphatic heterocycles. The highest BCUT2D eigenvalue weighted by molar-refractivity contribution is 5.77. The fourth-order valence-corrected chi connectivity index (χ4v) is 3.30. The van der Waals surface area contributed by atoms with E-state index >= 15 is 0 Å². The van der Waals surface area contributed by atoms with E-state index in [2.05, 4.69) is 19.1 Å². The summed E-state index contributed by atoms with van der Waals surface area (Å²) in [7, 11) is 0. The second-order valence-corrected chi connectivity index (χ2v) is 7.06. The topological polar surface area (TPSA) is 26.3 Å². The fourth-order valence-electron chi connectivity index (χ4n) is 3.30. The van der Waals surface area contributed by atoms with Crippen molar-refractivity contribution in [2.75, 3.05) is 6.61 Å². The Morgan fingerprint density at radius 2 is 1.62 bits per heavy atom. The van der Waals surface area contributed by atoms with Crippen molar-refractivity contribution < 1.29 is 9.53 Å². The molecule has 0 N–H and O–H groups in total. The molecule has 0 heterocycles. The highest BCUT2D eigenvalue weighted by Crippen LogP contribution is 2.16. The van der Waals surface area contributed by atoms with Gasteiger partial charge in [-0.3, -0.25) is 4.79 Å². The fraction of sp³-hybridized carbons (Fsp3) is 0.625. The van der Waals surface area contributed by atoms with E-state index in [1.807, 2.05) is 31.2 Å². The summed E-state index contributed by atoms with van der Waals surface area (Å²) in [5.41, 5.74) is 1.88. The lowest BCUT2D eigenvalue weighted by Gasteiger charge is -2.17. The summed E-state index contributed by atoms with van der Waals surface area (Å²) in [5.74, 6) is 0. The quantitative estimate of drug-likeness (QED) is 0.182. The molecule has 0 bridgehead atoms. The molecule has 0 aliphatic carbocycles. The minimum atomic E-state index is 0.202. The maximum absolute atomic E-state index is 11.2. The Morgan fingerprint density at radius 3 is 2.35 bits per heavy atom. The van der Waals surface area contributed by atoms with Crippen molar-refractivity contribution >= 4 is 6.29 Å². The second kappa shape index (κ2) is 15.8. The highest BCUT2D eigenvalue weighted by Gasteiger charge is 2.11. The Kier molecular flexibility index (Phi) is 13.8. The Bertz CT molecular complexity index is 493. The lowest BCUT2D eigenvalue weighted by atomic mass is 9.99. The number of carbonyl (C=O) groups excluding carboxylic acids is 1. The third-order valence-electron chi connectivity index (χ3n) is 4.82. The van der Waals surface area contributed by atoms with E-state index in [1.165, 1.54) is 44.9 Å². The standard InChI is InChI=1S/C24H38O2/c1-3-5-6-7-8-9-10-11-12-13-14-19-24(26-4-2)20-22-17-15-16-18-23(22)21-25/h11-12,15-18,21,24H,3-10,13-14,19-20H2,1-2H3. The van der Waals surface area contributed by atoms with Crippen molar-refractivity contribution in [1.82, 2.24) is 0 Å². The van der Waals surface area contributed by atoms with Gasteiger partial charge in [0.15, 0.2) is 0 Å². The molecule has 1 aromatic rings. The van der Waals surface area contributed by atoms with Gasteiger partial charge < -0.3 is 4.74 Å². The van der Waals surface area contributed by atoms with Crippen LogP contribution in [-0.2, 0) is 11.2 Å². The first-order valence-electron chi connectivity index (χ1n) is 10.6. The number of hydrogen-bond donors (Lipinski definition) is 0. The predicted molar refractivity (Wildman–Crippen MR) is 112 cm³/mol. The molecule has 0 amide bonds. The summed E-state index contributed by atoms with van der Waals surface area (Å²) in [6.45, 7) is 5.03. The van der Waals surface area contributed by atoms with Gasteiger partial charge in [-0.2, -0.15) is 0 Å². The number of aldehydes is 1. The average Bonchev–Trinajstić information content (AvgIpc) is 2.66. The van der Waals surface area contributed by atoms with E-state index in [0.29, 0.717) is 0 Å². The van der Waals surface area contributed by atoms with E-state index in [-0.39, 0.29) is 6.10 Å². The minimum Gasteiger partial charge on any atom is -0.378 e. The molecule has 0 aromatic heterocycles. The number of allylic oxidation sites excluding steroid dienone is 2. The van der Waals surface area contributed by atoms with Gasteiger partial charge in [0.25, 0.3) is 0 Å². The second-order valence-electron chi connectivity index (χ2n) is 7.06. The number of unbranched alkanes of at least 4 members (excludes halogenated alkanes) is 7. The molecule has 0 spiro atoms. The molecule has 1 rings (SSSR count). The number of carbonyl (C=O) groups is 1. The van der Waals surface area contributed by atoms with Crippen molar-refractivity contribution in [3.8, 4) is 0 Å². The van der Waals surface area contributed by atoms with Crippen LogP contribution < -0.4 is 0 Å². The Balaban J connectivity index is 2.21. The van der Waals surface area contributed by atoms with E-state index < -0.39 is 0 Å². The molecule has 1 aromatic carbocycles. The van der Waals surface area contributed by atoms with E-state index in [9.17, 15) is 4.79 Å². The lowest BCUT2D eigenvalue weighted by Crippen LogP contribution is -2.17. The van der Waals surface area contributed by atoms with Crippen LogP contribution in [0, 0.1) is 0 Å². The van der Waals surface area contributed by atoms with Crippen molar-refractivity contribution in [3.05, 3.63) is 47.5 Å². The Hall–Kier alpha value is -1.41. The monoisotopic (exact) mass is 358 g/mol. The van der Waals surface area contributed by atoms with Gasteiger partial charge in [-0.25, -0.2) is 0 Å². The summed E-state index contributed by atoms with van der Waals surface area (Å²) in [6.07, 6.45) is 19.3. The number of rotatable bonds is 16. The SMILES string of the molecule is CCCCCCCCC=CCCCC(Cc1ccccc1C=O)OCC. The molecule has 2 heteroatoms. The summed E-state index contributed by atoms with van der Waals surface area (Å²) in [6, 6.07) is 7.83. The van der Waals surface area contributed by atoms with Gasteiger partial charge in [-0.1, -0.05) is 75.4 Å². The largest absolute Gasteiger partial charge is 0.378 e. The van der Waals surface area contributed by atoms with Crippen LogP contribution in [0.3, 0.4) is 0 Å². The Morgan fingerprint density at radius 1 is 0.923 bits per heavy atom. The van der Waals surface area contributed by atoms with Gasteiger partial charge in [-0.05, 0) is 51.0 Å². The molecular formula is C24H38O2. The molecule has 0 radical (unpaired) electrons. The average molecular weight is 359 g/mol. The molecular weight excluding hydrogens is 320 g/mol. The predicted octanol–water partition coefficient (Wildman–Crippen LogP) is 6.92. The summed E-state index contributed by atoms with van der Waals surface area (Å²) < 4.78 is 5.90. The molecule has 0 fully saturated rings. The van der Waals surface area contributed by atoms with Gasteiger partial charge in [0.2, 0.25) is 0 Å². The Labute approximate surface area is 161 Å². The third-order valence-corrected chi connectivity index (χ3v) is 4.82. The molecule has 26 heavy (non-hydrogen) atoms. The first-order chi connectivity index (χ1) is 12.8. The van der Waals surface area contributed by atoms with Crippen LogP contribution in [0.25, 0.3) is 0 Å². The van der Waals surface area contributed by atoms with Crippen LogP contribution in [0.2, 0.25) is 0 Å². The maximum atomic E-state index is 11.2. The van der Waals surface area contributed by atoms with Gasteiger partial charge in [0.05, 0.1) is 6.10 Å². The van der Waals surface area contributed by atoms with Crippen molar-refractivity contribution in [3.63, 3.8) is 0 Å². The van der Waals surface area contributed by atoms with Crippen LogP contribution in [0.5, 0.6) is 0 Å². The third kappa shape index (κ3) is 10.6. The van der Waals surface area contributed by atoms with E-state index in [4.69, 9.17) is 4.74 Å². The highest BCUT2D eigenvalue weighted by atomic mass is 16.5. The molecule has 1 atom stereocenters. The first kappa shape index (κ1) is 22.6. The maximum Gasteiger partial charge on any atom is 0.150 e. The smallest absolute Gasteiger partial charge is 0.150 e. The van der Waals surface area contributed by atoms with E-state index in [0.717, 1.165) is 49.7 Å². The van der Waals surface area contributed by atoms with E-state index in [1.54, 1.807) is 0 Å². The van der Waals surface area contributed by atoms with Crippen LogP contribution >= 0.6 is 0 Å². The van der Waals surface area contributed by atoms with Crippen LogP contribution in [0.1, 0.15) is 94.0 Å². The van der Waals surface area contributed by atoms with Crippen LogP contribution in [0.4, 0.5) is 0 Å². The molecule has 0 aliphatic rings. The lowest BCUT2D eigenvalue weighted by molar-refractivity contribution is 0.0558. The molecule has 0 saturated carbocycles. The number of benzene rings is 1. The van der Waals surface area contributed by atoms with Crippen molar-refractivity contribution in [2.45, 2.75) is 90.6 Å². The van der Waals surface area contributed by atoms with Crippen LogP contribution in [-0.4, -0.2) is 19.0 Å². The number of ether oxygens (including phenoxy) is 1. The van der Waals surface area contributed by atoms with Gasteiger partial charge >= 0.3 is 0 Å². The minimum absolute atomic E-state index is 0.202. The van der Waals surface area contributed by atoms with Crippen LogP contribution in [0.15, 0.2) is 36.4 Å². The number of hydrogen-bond acceptors (Lipinski definition) is 2. The van der Waals surface area contributed by atoms with Gasteiger partial charge in [-0.15, -0.1) is 0 Å². The van der Waals surface area contributed by atoms with Crippen molar-refractivity contribution in [1.29, 1.82) is 0 Å². The first-order valence-corrected chi connectivity index (χ1v) is 10.6. The molecule has 2 nitrogen and oxygen atoms in total. The molecule has 146 valence electrons. The molecule has 0 saturated heterocycles. The summed E-state index contributed by atoms with van der Waals surface area (Å²) in [4.78, 5) is 11.2. The summed E-state index contributed by atoms with van der Waals surface area (Å²) in [5, 5.41) is 0. The zero-order chi connectivity index (χ0) is 18.9. The zero-order valence-corrected chi connectivity index (χ0v) is 16.9. The van der Waals surface area contributed by atoms with Gasteiger partial charge in [0.1, 0.15) is 6.29 Å². The zero-order valence-electron chi connectivity index (χ0n) is 16.9. The molecule has 1 unspecified atom stereocenters. The summed E-state index contributed by atoms with van der Waals surface area (Å²) >= 11 is 0. The van der Waals surface area contributed by atoms with Crippen molar-refractivity contribution in [2.24, 2.45) is 0 Å². The normalized spacial score (nSPS) is 12.5.